The van der Waals surface area contributed by atoms with Crippen LogP contribution >= 0.6 is 0 Å². The molecule has 0 aliphatic rings. The van der Waals surface area contributed by atoms with Gasteiger partial charge in [-0.05, 0) is 31.2 Å². The van der Waals surface area contributed by atoms with Crippen LogP contribution in [-0.2, 0) is 6.54 Å². The van der Waals surface area contributed by atoms with Crippen LogP contribution in [0, 0.1) is 6.92 Å². The Hall–Kier alpha value is -2.63. The molecule has 0 bridgehead atoms. The molecule has 6 nitrogen and oxygen atoms in total. The Morgan fingerprint density at radius 2 is 2.21 bits per heavy atom. The number of nitrogens with two attached hydrogens (primary N) is 1. The van der Waals surface area contributed by atoms with Crippen molar-refractivity contribution in [1.29, 1.82) is 0 Å². The Morgan fingerprint density at radius 1 is 1.32 bits per heavy atom. The van der Waals surface area contributed by atoms with E-state index in [4.69, 9.17) is 10.3 Å². The van der Waals surface area contributed by atoms with Crippen molar-refractivity contribution >= 4 is 22.3 Å². The molecule has 3 aromatic rings. The number of pyridine rings is 1. The first-order valence-corrected chi connectivity index (χ1v) is 5.90. The van der Waals surface area contributed by atoms with E-state index in [2.05, 4.69) is 20.4 Å². The molecule has 0 saturated carbocycles. The van der Waals surface area contributed by atoms with Gasteiger partial charge in [0.2, 0.25) is 5.89 Å². The summed E-state index contributed by atoms with van der Waals surface area (Å²) in [6.45, 7) is 2.22. The van der Waals surface area contributed by atoms with E-state index in [9.17, 15) is 0 Å². The summed E-state index contributed by atoms with van der Waals surface area (Å²) in [7, 11) is 0. The quantitative estimate of drug-likeness (QED) is 0.697. The third kappa shape index (κ3) is 2.20. The second-order valence-electron chi connectivity index (χ2n) is 4.19. The number of nitrogens with one attached hydrogen (secondary N) is 1. The zero-order chi connectivity index (χ0) is 13.2. The molecule has 0 amide bonds. The molecule has 0 radical (unpaired) electrons. The van der Waals surface area contributed by atoms with Gasteiger partial charge in [0.25, 0.3) is 0 Å². The molecule has 0 fully saturated rings. The van der Waals surface area contributed by atoms with E-state index in [0.717, 1.165) is 16.6 Å². The van der Waals surface area contributed by atoms with Crippen molar-refractivity contribution in [3.63, 3.8) is 0 Å². The Balaban J connectivity index is 1.87. The van der Waals surface area contributed by atoms with Gasteiger partial charge in [-0.15, -0.1) is 0 Å². The maximum absolute atomic E-state index is 6.12. The summed E-state index contributed by atoms with van der Waals surface area (Å²) in [5.41, 5.74) is 8.49. The van der Waals surface area contributed by atoms with Crippen molar-refractivity contribution in [1.82, 2.24) is 15.1 Å². The van der Waals surface area contributed by atoms with Gasteiger partial charge in [-0.25, -0.2) is 0 Å². The molecule has 0 saturated heterocycles. The summed E-state index contributed by atoms with van der Waals surface area (Å²) in [4.78, 5) is 8.38. The average molecular weight is 255 g/mol. The normalized spacial score (nSPS) is 10.8. The van der Waals surface area contributed by atoms with Gasteiger partial charge in [0.05, 0.1) is 23.4 Å². The summed E-state index contributed by atoms with van der Waals surface area (Å²) in [6, 6.07) is 7.63. The largest absolute Gasteiger partial charge is 0.397 e. The molecule has 2 heterocycles. The van der Waals surface area contributed by atoms with E-state index in [0.29, 0.717) is 23.9 Å². The number of nitrogens with zero attached hydrogens (tertiary/aromatic N) is 3. The van der Waals surface area contributed by atoms with Gasteiger partial charge < -0.3 is 15.6 Å². The highest BCUT2D eigenvalue weighted by atomic mass is 16.5. The number of hydrogen-bond donors (Lipinski definition) is 2. The van der Waals surface area contributed by atoms with Crippen LogP contribution in [0.2, 0.25) is 0 Å². The van der Waals surface area contributed by atoms with Crippen LogP contribution in [0.25, 0.3) is 10.9 Å². The maximum Gasteiger partial charge on any atom is 0.245 e. The van der Waals surface area contributed by atoms with Crippen LogP contribution in [0.4, 0.5) is 11.4 Å². The molecule has 0 aliphatic heterocycles. The van der Waals surface area contributed by atoms with E-state index in [-0.39, 0.29) is 0 Å². The van der Waals surface area contributed by atoms with Crippen LogP contribution in [0.3, 0.4) is 0 Å². The Kier molecular flexibility index (Phi) is 2.75. The molecular formula is C13H13N5O. The highest BCUT2D eigenvalue weighted by molar-refractivity contribution is 5.96. The Bertz CT molecular complexity index is 722. The molecule has 19 heavy (non-hydrogen) atoms. The van der Waals surface area contributed by atoms with Crippen molar-refractivity contribution in [2.45, 2.75) is 13.5 Å². The van der Waals surface area contributed by atoms with Crippen LogP contribution < -0.4 is 11.1 Å². The predicted molar refractivity (Wildman–Crippen MR) is 72.5 cm³/mol. The lowest BCUT2D eigenvalue weighted by molar-refractivity contribution is 0.379. The molecule has 0 atom stereocenters. The molecule has 0 spiro atoms. The third-order valence-corrected chi connectivity index (χ3v) is 2.83. The fourth-order valence-corrected chi connectivity index (χ4v) is 1.91. The molecule has 2 aromatic heterocycles. The number of rotatable bonds is 3. The summed E-state index contributed by atoms with van der Waals surface area (Å²) >= 11 is 0. The number of aromatic nitrogens is 3. The van der Waals surface area contributed by atoms with E-state index in [1.165, 1.54) is 0 Å². The lowest BCUT2D eigenvalue weighted by Gasteiger charge is -2.09. The minimum absolute atomic E-state index is 0.441. The van der Waals surface area contributed by atoms with Crippen molar-refractivity contribution in [3.05, 3.63) is 42.2 Å². The second-order valence-corrected chi connectivity index (χ2v) is 4.19. The minimum Gasteiger partial charge on any atom is -0.397 e. The first-order chi connectivity index (χ1) is 9.24. The smallest absolute Gasteiger partial charge is 0.245 e. The maximum atomic E-state index is 6.12. The molecule has 3 N–H and O–H groups in total. The van der Waals surface area contributed by atoms with Gasteiger partial charge in [0.15, 0.2) is 5.82 Å². The van der Waals surface area contributed by atoms with Gasteiger partial charge in [0, 0.05) is 11.6 Å². The van der Waals surface area contributed by atoms with Crippen LogP contribution in [-0.4, -0.2) is 15.1 Å². The molecular weight excluding hydrogens is 242 g/mol. The number of hydrogen-bond acceptors (Lipinski definition) is 6. The number of benzene rings is 1. The van der Waals surface area contributed by atoms with E-state index in [1.807, 2.05) is 24.3 Å². The van der Waals surface area contributed by atoms with Crippen molar-refractivity contribution in [2.75, 3.05) is 11.1 Å². The summed E-state index contributed by atoms with van der Waals surface area (Å²) in [5, 5.41) is 7.84. The Morgan fingerprint density at radius 3 is 3.00 bits per heavy atom. The highest BCUT2D eigenvalue weighted by Crippen LogP contribution is 2.27. The van der Waals surface area contributed by atoms with E-state index < -0.39 is 0 Å². The molecule has 3 rings (SSSR count). The highest BCUT2D eigenvalue weighted by Gasteiger charge is 2.07. The van der Waals surface area contributed by atoms with Crippen molar-refractivity contribution in [3.8, 4) is 0 Å². The minimum atomic E-state index is 0.441. The van der Waals surface area contributed by atoms with Gasteiger partial charge in [-0.2, -0.15) is 4.98 Å². The lowest BCUT2D eigenvalue weighted by atomic mass is 10.1. The predicted octanol–water partition coefficient (Wildman–Crippen LogP) is 2.12. The molecule has 1 aromatic carbocycles. The second kappa shape index (κ2) is 4.56. The van der Waals surface area contributed by atoms with Gasteiger partial charge >= 0.3 is 0 Å². The Labute approximate surface area is 109 Å². The summed E-state index contributed by atoms with van der Waals surface area (Å²) < 4.78 is 5.04. The molecule has 0 aliphatic carbocycles. The number of nitrogen functional groups attached to an aromatic ring is 1. The zero-order valence-electron chi connectivity index (χ0n) is 10.4. The number of fused-ring (bicyclic) bond motifs is 1. The van der Waals surface area contributed by atoms with Gasteiger partial charge in [0.1, 0.15) is 0 Å². The van der Waals surface area contributed by atoms with Crippen molar-refractivity contribution in [2.24, 2.45) is 0 Å². The van der Waals surface area contributed by atoms with Crippen molar-refractivity contribution < 1.29 is 4.52 Å². The van der Waals surface area contributed by atoms with Crippen LogP contribution in [0.5, 0.6) is 0 Å². The lowest BCUT2D eigenvalue weighted by Crippen LogP contribution is -2.03. The van der Waals surface area contributed by atoms with Crippen LogP contribution in [0.15, 0.2) is 35.0 Å². The molecule has 96 valence electrons. The van der Waals surface area contributed by atoms with Gasteiger partial charge in [-0.3, -0.25) is 4.98 Å². The first kappa shape index (κ1) is 11.5. The number of anilines is 2. The number of aryl methyl sites for hydroxylation is 1. The SMILES string of the molecule is Cc1noc(CNc2ccc3ncccc3c2N)n1. The van der Waals surface area contributed by atoms with Gasteiger partial charge in [-0.1, -0.05) is 5.16 Å². The summed E-state index contributed by atoms with van der Waals surface area (Å²) in [6.07, 6.45) is 1.75. The zero-order valence-corrected chi connectivity index (χ0v) is 10.4. The fraction of sp³-hybridized carbons (Fsp3) is 0.154. The van der Waals surface area contributed by atoms with E-state index >= 15 is 0 Å². The van der Waals surface area contributed by atoms with Crippen LogP contribution in [0.1, 0.15) is 11.7 Å². The third-order valence-electron chi connectivity index (χ3n) is 2.83. The molecule has 0 unspecified atom stereocenters. The van der Waals surface area contributed by atoms with E-state index in [1.54, 1.807) is 13.1 Å². The monoisotopic (exact) mass is 255 g/mol. The fourth-order valence-electron chi connectivity index (χ4n) is 1.91. The first-order valence-electron chi connectivity index (χ1n) is 5.90. The summed E-state index contributed by atoms with van der Waals surface area (Å²) in [5.74, 6) is 1.15. The molecule has 6 heteroatoms. The average Bonchev–Trinajstić information content (AvgIpc) is 2.84. The standard InChI is InChI=1S/C13H13N5O/c1-8-17-12(19-18-8)7-16-11-5-4-10-9(13(11)14)3-2-6-15-10/h2-6,16H,7,14H2,1H3. The topological polar surface area (TPSA) is 89.9 Å².